The van der Waals surface area contributed by atoms with E-state index in [2.05, 4.69) is 5.32 Å². The number of nitrogens with one attached hydrogen (secondary N) is 1. The van der Waals surface area contributed by atoms with Crippen LogP contribution in [0.1, 0.15) is 13.8 Å². The smallest absolute Gasteiger partial charge is 0.268 e. The largest absolute Gasteiger partial charge is 0.476 e. The molecule has 0 saturated carbocycles. The van der Waals surface area contributed by atoms with Crippen molar-refractivity contribution in [1.82, 2.24) is 0 Å². The predicted molar refractivity (Wildman–Crippen MR) is 67.3 cm³/mol. The summed E-state index contributed by atoms with van der Waals surface area (Å²) in [6, 6.07) is 11.9. The van der Waals surface area contributed by atoms with E-state index in [0.717, 1.165) is 22.2 Å². The van der Waals surface area contributed by atoms with Crippen LogP contribution >= 0.6 is 0 Å². The molecule has 1 aliphatic rings. The number of ether oxygens (including phenoxy) is 1. The average molecular weight is 227 g/mol. The van der Waals surface area contributed by atoms with E-state index in [0.29, 0.717) is 0 Å². The van der Waals surface area contributed by atoms with Gasteiger partial charge in [-0.1, -0.05) is 24.3 Å². The summed E-state index contributed by atoms with van der Waals surface area (Å²) in [5, 5.41) is 5.08. The maximum absolute atomic E-state index is 11.8. The van der Waals surface area contributed by atoms with E-state index in [4.69, 9.17) is 4.74 Å². The van der Waals surface area contributed by atoms with Gasteiger partial charge in [0.25, 0.3) is 5.91 Å². The van der Waals surface area contributed by atoms with Gasteiger partial charge in [-0.25, -0.2) is 0 Å². The van der Waals surface area contributed by atoms with Crippen LogP contribution in [0.2, 0.25) is 0 Å². The fourth-order valence-electron chi connectivity index (χ4n) is 2.00. The summed E-state index contributed by atoms with van der Waals surface area (Å²) in [6.45, 7) is 3.53. The molecule has 0 fully saturated rings. The zero-order valence-corrected chi connectivity index (χ0v) is 9.78. The standard InChI is InChI=1S/C14H13NO2/c1-14(2)13(16)15-11-7-9-5-3-4-6-10(9)8-12(11)17-14/h3-8H,1-2H3,(H,15,16). The molecule has 0 radical (unpaired) electrons. The Labute approximate surface area is 99.4 Å². The van der Waals surface area contributed by atoms with Gasteiger partial charge in [0.15, 0.2) is 5.60 Å². The number of anilines is 1. The molecule has 0 unspecified atom stereocenters. The van der Waals surface area contributed by atoms with Crippen molar-refractivity contribution in [2.24, 2.45) is 0 Å². The highest BCUT2D eigenvalue weighted by molar-refractivity contribution is 6.02. The van der Waals surface area contributed by atoms with Crippen LogP contribution in [0.3, 0.4) is 0 Å². The first-order valence-corrected chi connectivity index (χ1v) is 5.59. The minimum Gasteiger partial charge on any atom is -0.476 e. The second kappa shape index (κ2) is 3.23. The van der Waals surface area contributed by atoms with Gasteiger partial charge < -0.3 is 10.1 Å². The molecular weight excluding hydrogens is 214 g/mol. The lowest BCUT2D eigenvalue weighted by Crippen LogP contribution is -2.45. The second-order valence-corrected chi connectivity index (χ2v) is 4.76. The lowest BCUT2D eigenvalue weighted by Gasteiger charge is -2.31. The highest BCUT2D eigenvalue weighted by Gasteiger charge is 2.35. The van der Waals surface area contributed by atoms with Crippen molar-refractivity contribution in [2.75, 3.05) is 5.32 Å². The van der Waals surface area contributed by atoms with Gasteiger partial charge in [-0.05, 0) is 36.8 Å². The van der Waals surface area contributed by atoms with E-state index >= 15 is 0 Å². The fourth-order valence-corrected chi connectivity index (χ4v) is 2.00. The molecule has 0 atom stereocenters. The summed E-state index contributed by atoms with van der Waals surface area (Å²) in [5.74, 6) is 0.619. The zero-order chi connectivity index (χ0) is 12.0. The third kappa shape index (κ3) is 1.55. The van der Waals surface area contributed by atoms with Crippen LogP contribution in [0, 0.1) is 0 Å². The summed E-state index contributed by atoms with van der Waals surface area (Å²) in [4.78, 5) is 11.8. The average Bonchev–Trinajstić information content (AvgIpc) is 2.28. The Kier molecular flexibility index (Phi) is 1.93. The SMILES string of the molecule is CC1(C)Oc2cc3ccccc3cc2NC1=O. The Hall–Kier alpha value is -2.03. The van der Waals surface area contributed by atoms with Crippen LogP contribution in [0.5, 0.6) is 5.75 Å². The minimum atomic E-state index is -0.810. The second-order valence-electron chi connectivity index (χ2n) is 4.76. The van der Waals surface area contributed by atoms with Crippen molar-refractivity contribution in [1.29, 1.82) is 0 Å². The van der Waals surface area contributed by atoms with Crippen LogP contribution in [0.4, 0.5) is 5.69 Å². The molecule has 1 heterocycles. The van der Waals surface area contributed by atoms with Crippen LogP contribution < -0.4 is 10.1 Å². The molecule has 2 aromatic carbocycles. The first kappa shape index (κ1) is 10.1. The van der Waals surface area contributed by atoms with E-state index in [9.17, 15) is 4.79 Å². The molecule has 86 valence electrons. The number of benzene rings is 2. The Balaban J connectivity index is 2.20. The van der Waals surface area contributed by atoms with Crippen molar-refractivity contribution in [2.45, 2.75) is 19.4 Å². The Bertz CT molecular complexity index is 617. The Morgan fingerprint density at radius 2 is 1.76 bits per heavy atom. The molecule has 0 aliphatic carbocycles. The number of hydrogen-bond acceptors (Lipinski definition) is 2. The van der Waals surface area contributed by atoms with Crippen molar-refractivity contribution in [3.05, 3.63) is 36.4 Å². The van der Waals surface area contributed by atoms with Gasteiger partial charge in [-0.3, -0.25) is 4.79 Å². The van der Waals surface area contributed by atoms with E-state index in [1.807, 2.05) is 36.4 Å². The van der Waals surface area contributed by atoms with Gasteiger partial charge in [-0.2, -0.15) is 0 Å². The number of carbonyl (C=O) groups excluding carboxylic acids is 1. The van der Waals surface area contributed by atoms with E-state index in [1.165, 1.54) is 0 Å². The zero-order valence-electron chi connectivity index (χ0n) is 9.78. The third-order valence-electron chi connectivity index (χ3n) is 3.01. The van der Waals surface area contributed by atoms with Crippen molar-refractivity contribution in [3.63, 3.8) is 0 Å². The molecule has 0 spiro atoms. The maximum Gasteiger partial charge on any atom is 0.268 e. The summed E-state index contributed by atoms with van der Waals surface area (Å²) < 4.78 is 5.73. The number of fused-ring (bicyclic) bond motifs is 2. The molecule has 0 aromatic heterocycles. The van der Waals surface area contributed by atoms with E-state index < -0.39 is 5.60 Å². The normalized spacial score (nSPS) is 17.2. The number of rotatable bonds is 0. The van der Waals surface area contributed by atoms with Gasteiger partial charge in [0.2, 0.25) is 0 Å². The van der Waals surface area contributed by atoms with Gasteiger partial charge in [0.05, 0.1) is 5.69 Å². The Morgan fingerprint density at radius 1 is 1.12 bits per heavy atom. The molecule has 2 aromatic rings. The quantitative estimate of drug-likeness (QED) is 0.751. The van der Waals surface area contributed by atoms with Crippen LogP contribution in [-0.2, 0) is 4.79 Å². The van der Waals surface area contributed by atoms with Crippen LogP contribution in [0.25, 0.3) is 10.8 Å². The minimum absolute atomic E-state index is 0.111. The first-order chi connectivity index (χ1) is 8.06. The third-order valence-corrected chi connectivity index (χ3v) is 3.01. The van der Waals surface area contributed by atoms with Crippen LogP contribution in [0.15, 0.2) is 36.4 Å². The highest BCUT2D eigenvalue weighted by Crippen LogP contribution is 2.36. The molecule has 3 nitrogen and oxygen atoms in total. The van der Waals surface area contributed by atoms with Gasteiger partial charge >= 0.3 is 0 Å². The number of amides is 1. The summed E-state index contributed by atoms with van der Waals surface area (Å²) in [6.07, 6.45) is 0. The lowest BCUT2D eigenvalue weighted by atomic mass is 10.0. The van der Waals surface area contributed by atoms with Crippen molar-refractivity contribution in [3.8, 4) is 5.75 Å². The first-order valence-electron chi connectivity index (χ1n) is 5.59. The monoisotopic (exact) mass is 227 g/mol. The van der Waals surface area contributed by atoms with Crippen molar-refractivity contribution >= 4 is 22.4 Å². The molecule has 1 aliphatic heterocycles. The molecular formula is C14H13NO2. The molecule has 17 heavy (non-hydrogen) atoms. The molecule has 3 heteroatoms. The topological polar surface area (TPSA) is 38.3 Å². The predicted octanol–water partition coefficient (Wildman–Crippen LogP) is 2.95. The fraction of sp³-hybridized carbons (Fsp3) is 0.214. The lowest BCUT2D eigenvalue weighted by molar-refractivity contribution is -0.129. The molecule has 1 N–H and O–H groups in total. The van der Waals surface area contributed by atoms with Crippen LogP contribution in [-0.4, -0.2) is 11.5 Å². The maximum atomic E-state index is 11.8. The summed E-state index contributed by atoms with van der Waals surface area (Å²) in [5.41, 5.74) is -0.0665. The van der Waals surface area contributed by atoms with Gasteiger partial charge in [-0.15, -0.1) is 0 Å². The van der Waals surface area contributed by atoms with Gasteiger partial charge in [0, 0.05) is 0 Å². The highest BCUT2D eigenvalue weighted by atomic mass is 16.5. The van der Waals surface area contributed by atoms with E-state index in [-0.39, 0.29) is 5.91 Å². The number of hydrogen-bond donors (Lipinski definition) is 1. The molecule has 0 saturated heterocycles. The number of carbonyl (C=O) groups is 1. The van der Waals surface area contributed by atoms with Crippen molar-refractivity contribution < 1.29 is 9.53 Å². The Morgan fingerprint density at radius 3 is 2.47 bits per heavy atom. The summed E-state index contributed by atoms with van der Waals surface area (Å²) in [7, 11) is 0. The molecule has 3 rings (SSSR count). The van der Waals surface area contributed by atoms with Gasteiger partial charge in [0.1, 0.15) is 5.75 Å². The molecule has 0 bridgehead atoms. The summed E-state index contributed by atoms with van der Waals surface area (Å²) >= 11 is 0. The molecule has 1 amide bonds. The van der Waals surface area contributed by atoms with E-state index in [1.54, 1.807) is 13.8 Å².